The summed E-state index contributed by atoms with van der Waals surface area (Å²) in [5, 5.41) is 14.5. The number of nitrogens with zero attached hydrogens (tertiary/aromatic N) is 2. The number of fused-ring (bicyclic) bond motifs is 6. The average molecular weight is 648 g/mol. The monoisotopic (exact) mass is 647 g/mol. The minimum absolute atomic E-state index is 0.194. The highest BCUT2D eigenvalue weighted by Gasteiger charge is 2.29. The number of aromatic nitrogens is 1. The lowest BCUT2D eigenvalue weighted by molar-refractivity contribution is 0.409. The van der Waals surface area contributed by atoms with Crippen LogP contribution in [-0.2, 0) is 0 Å². The Morgan fingerprint density at radius 3 is 2.06 bits per heavy atom. The Labute approximate surface area is 289 Å². The van der Waals surface area contributed by atoms with Crippen molar-refractivity contribution in [2.24, 2.45) is 4.99 Å². The number of anilines is 1. The summed E-state index contributed by atoms with van der Waals surface area (Å²) in [5.41, 5.74) is 10.8. The van der Waals surface area contributed by atoms with Crippen molar-refractivity contribution < 1.29 is 4.42 Å². The van der Waals surface area contributed by atoms with Gasteiger partial charge < -0.3 is 19.6 Å². The highest BCUT2D eigenvalue weighted by Crippen LogP contribution is 2.40. The average Bonchev–Trinajstić information content (AvgIpc) is 3.74. The van der Waals surface area contributed by atoms with E-state index in [4.69, 9.17) is 9.41 Å². The molecule has 0 saturated heterocycles. The van der Waals surface area contributed by atoms with Crippen LogP contribution in [0.4, 0.5) is 5.88 Å². The lowest BCUT2D eigenvalue weighted by Gasteiger charge is -2.32. The van der Waals surface area contributed by atoms with Crippen LogP contribution in [0.1, 0.15) is 34.6 Å². The molecule has 0 fully saturated rings. The molecular weight excluding hydrogens is 615 g/mol. The van der Waals surface area contributed by atoms with E-state index in [9.17, 15) is 0 Å². The standard InChI is InChI=1S/C44H33N5O/c1-3-12-28(13-4-1)29-21-23-31(24-22-29)42-46-41(30-14-5-2-6-15-30)47-43(48-42)36-26-32(27-39-40(36)35-18-11-25-45-44(35)50-39)49-37-19-9-7-16-33(37)34-17-8-10-20-38(34)49/h1-24,26-27,41-42,45-46H,25H2,(H,47,48). The van der Waals surface area contributed by atoms with E-state index >= 15 is 0 Å². The van der Waals surface area contributed by atoms with Gasteiger partial charge in [-0.2, -0.15) is 0 Å². The van der Waals surface area contributed by atoms with Crippen LogP contribution in [0.15, 0.2) is 161 Å². The number of furan rings is 1. The first kappa shape index (κ1) is 28.6. The second-order valence-corrected chi connectivity index (χ2v) is 12.9. The van der Waals surface area contributed by atoms with E-state index in [1.54, 1.807) is 0 Å². The molecule has 0 amide bonds. The van der Waals surface area contributed by atoms with Crippen molar-refractivity contribution in [3.05, 3.63) is 174 Å². The van der Waals surface area contributed by atoms with Crippen LogP contribution < -0.4 is 16.0 Å². The summed E-state index contributed by atoms with van der Waals surface area (Å²) in [7, 11) is 0. The molecule has 3 N–H and O–H groups in total. The van der Waals surface area contributed by atoms with Gasteiger partial charge in [0.15, 0.2) is 0 Å². The van der Waals surface area contributed by atoms with Gasteiger partial charge in [-0.15, -0.1) is 0 Å². The van der Waals surface area contributed by atoms with Crippen molar-refractivity contribution in [3.63, 3.8) is 0 Å². The Morgan fingerprint density at radius 2 is 1.32 bits per heavy atom. The Hall–Kier alpha value is -6.37. The first-order valence-electron chi connectivity index (χ1n) is 17.1. The predicted molar refractivity (Wildman–Crippen MR) is 205 cm³/mol. The van der Waals surface area contributed by atoms with Crippen molar-refractivity contribution in [1.82, 2.24) is 15.2 Å². The molecular formula is C44H33N5O. The highest BCUT2D eigenvalue weighted by atomic mass is 16.3. The Balaban J connectivity index is 1.17. The molecule has 8 aromatic rings. The van der Waals surface area contributed by atoms with Gasteiger partial charge >= 0.3 is 0 Å². The first-order chi connectivity index (χ1) is 24.8. The third kappa shape index (κ3) is 4.72. The van der Waals surface area contributed by atoms with E-state index < -0.39 is 0 Å². The van der Waals surface area contributed by atoms with Crippen LogP contribution >= 0.6 is 0 Å². The molecule has 2 aliphatic heterocycles. The summed E-state index contributed by atoms with van der Waals surface area (Å²) in [6, 6.07) is 51.4. The first-order valence-corrected chi connectivity index (χ1v) is 17.1. The maximum atomic E-state index is 6.59. The number of aliphatic imine (C=N–C) groups is 1. The van der Waals surface area contributed by atoms with Crippen LogP contribution in [0.5, 0.6) is 0 Å². The van der Waals surface area contributed by atoms with E-state index in [1.165, 1.54) is 21.9 Å². The zero-order chi connectivity index (χ0) is 33.0. The molecule has 2 aromatic heterocycles. The molecule has 6 aromatic carbocycles. The topological polar surface area (TPSA) is 66.5 Å². The van der Waals surface area contributed by atoms with Gasteiger partial charge in [-0.3, -0.25) is 5.32 Å². The van der Waals surface area contributed by atoms with Gasteiger partial charge in [-0.05, 0) is 40.5 Å². The van der Waals surface area contributed by atoms with E-state index in [0.29, 0.717) is 0 Å². The molecule has 2 aliphatic rings. The fraction of sp³-hybridized carbons (Fsp3) is 0.0682. The van der Waals surface area contributed by atoms with E-state index in [0.717, 1.165) is 68.2 Å². The molecule has 6 heteroatoms. The van der Waals surface area contributed by atoms with Crippen molar-refractivity contribution in [2.45, 2.75) is 12.3 Å². The summed E-state index contributed by atoms with van der Waals surface area (Å²) < 4.78 is 8.93. The van der Waals surface area contributed by atoms with E-state index in [1.807, 2.05) is 6.07 Å². The second kappa shape index (κ2) is 11.7. The van der Waals surface area contributed by atoms with E-state index in [2.05, 4.69) is 172 Å². The molecule has 4 heterocycles. The Kier molecular flexibility index (Phi) is 6.67. The number of rotatable bonds is 5. The largest absolute Gasteiger partial charge is 0.440 e. The molecule has 50 heavy (non-hydrogen) atoms. The van der Waals surface area contributed by atoms with Crippen LogP contribution in [-0.4, -0.2) is 16.9 Å². The zero-order valence-electron chi connectivity index (χ0n) is 27.2. The molecule has 0 bridgehead atoms. The third-order valence-corrected chi connectivity index (χ3v) is 9.90. The fourth-order valence-electron chi connectivity index (χ4n) is 7.54. The molecule has 10 rings (SSSR count). The van der Waals surface area contributed by atoms with Gasteiger partial charge in [0, 0.05) is 39.9 Å². The molecule has 2 unspecified atom stereocenters. The third-order valence-electron chi connectivity index (χ3n) is 9.90. The highest BCUT2D eigenvalue weighted by molar-refractivity contribution is 6.15. The summed E-state index contributed by atoms with van der Waals surface area (Å²) in [5.74, 6) is 1.59. The van der Waals surface area contributed by atoms with E-state index in [-0.39, 0.29) is 12.3 Å². The van der Waals surface area contributed by atoms with Crippen molar-refractivity contribution in [2.75, 3.05) is 11.9 Å². The minimum atomic E-state index is -0.269. The van der Waals surface area contributed by atoms with Gasteiger partial charge in [0.2, 0.25) is 5.88 Å². The molecule has 240 valence electrons. The summed E-state index contributed by atoms with van der Waals surface area (Å²) in [6.07, 6.45) is 3.84. The number of hydrogen-bond acceptors (Lipinski definition) is 5. The van der Waals surface area contributed by atoms with Crippen LogP contribution in [0.3, 0.4) is 0 Å². The second-order valence-electron chi connectivity index (χ2n) is 12.9. The molecule has 2 atom stereocenters. The predicted octanol–water partition coefficient (Wildman–Crippen LogP) is 9.97. The van der Waals surface area contributed by atoms with Gasteiger partial charge in [0.05, 0.1) is 16.7 Å². The van der Waals surface area contributed by atoms with Gasteiger partial charge in [0.25, 0.3) is 0 Å². The summed E-state index contributed by atoms with van der Waals surface area (Å²) in [4.78, 5) is 5.39. The molecule has 0 spiro atoms. The van der Waals surface area contributed by atoms with Gasteiger partial charge in [0.1, 0.15) is 23.8 Å². The fourth-order valence-corrected chi connectivity index (χ4v) is 7.54. The maximum Gasteiger partial charge on any atom is 0.201 e. The normalized spacial score (nSPS) is 17.0. The Morgan fingerprint density at radius 1 is 0.660 bits per heavy atom. The molecule has 6 nitrogen and oxygen atoms in total. The number of amidine groups is 1. The van der Waals surface area contributed by atoms with Crippen molar-refractivity contribution in [3.8, 4) is 16.8 Å². The maximum absolute atomic E-state index is 6.59. The quantitative estimate of drug-likeness (QED) is 0.174. The van der Waals surface area contributed by atoms with Gasteiger partial charge in [-0.25, -0.2) is 4.99 Å². The molecule has 0 saturated carbocycles. The Bertz CT molecular complexity index is 2540. The minimum Gasteiger partial charge on any atom is -0.440 e. The number of hydrogen-bond donors (Lipinski definition) is 3. The SMILES string of the molecule is C1=Cc2c(oc3cc(-n4c5ccccc5c5ccccc54)cc(C4=NC(c5ccccc5)NC(c5ccc(-c6ccccc6)cc5)N4)c23)NC1. The lowest BCUT2D eigenvalue weighted by Crippen LogP contribution is -2.45. The smallest absolute Gasteiger partial charge is 0.201 e. The number of benzene rings is 6. The summed E-state index contributed by atoms with van der Waals surface area (Å²) in [6.45, 7) is 0.724. The molecule has 0 radical (unpaired) electrons. The van der Waals surface area contributed by atoms with Crippen molar-refractivity contribution >= 4 is 50.6 Å². The zero-order valence-corrected chi connectivity index (χ0v) is 27.2. The van der Waals surface area contributed by atoms with Crippen molar-refractivity contribution in [1.29, 1.82) is 0 Å². The molecule has 0 aliphatic carbocycles. The lowest BCUT2D eigenvalue weighted by atomic mass is 9.99. The van der Waals surface area contributed by atoms with Crippen LogP contribution in [0.25, 0.3) is 55.7 Å². The number of nitrogens with one attached hydrogen (secondary N) is 3. The van der Waals surface area contributed by atoms with Gasteiger partial charge in [-0.1, -0.05) is 133 Å². The van der Waals surface area contributed by atoms with Crippen LogP contribution in [0.2, 0.25) is 0 Å². The van der Waals surface area contributed by atoms with Crippen LogP contribution in [0, 0.1) is 0 Å². The number of para-hydroxylation sites is 2. The summed E-state index contributed by atoms with van der Waals surface area (Å²) >= 11 is 0.